The zero-order valence-electron chi connectivity index (χ0n) is 8.24. The fourth-order valence-corrected chi connectivity index (χ4v) is 1.00. The summed E-state index contributed by atoms with van der Waals surface area (Å²) in [5, 5.41) is 0. The van der Waals surface area contributed by atoms with E-state index in [2.05, 4.69) is 25.8 Å². The molecule has 0 aromatic carbocycles. The second-order valence-corrected chi connectivity index (χ2v) is 4.09. The lowest BCUT2D eigenvalue weighted by Gasteiger charge is -2.19. The van der Waals surface area contributed by atoms with Gasteiger partial charge in [-0.2, -0.15) is 0 Å². The summed E-state index contributed by atoms with van der Waals surface area (Å²) < 4.78 is 1.96. The number of hydrogen-bond donors (Lipinski definition) is 1. The Morgan fingerprint density at radius 3 is 2.62 bits per heavy atom. The maximum atomic E-state index is 10.6. The van der Waals surface area contributed by atoms with Crippen LogP contribution in [0.3, 0.4) is 0 Å². The molecule has 1 amide bonds. The van der Waals surface area contributed by atoms with Crippen molar-refractivity contribution < 1.29 is 4.79 Å². The fraction of sp³-hybridized carbons (Fsp3) is 0.556. The Morgan fingerprint density at radius 1 is 1.62 bits per heavy atom. The maximum Gasteiger partial charge on any atom is 0.223 e. The number of aromatic nitrogens is 2. The highest BCUT2D eigenvalue weighted by atomic mass is 16.1. The third-order valence-corrected chi connectivity index (χ3v) is 1.77. The largest absolute Gasteiger partial charge is 0.369 e. The average Bonchev–Trinajstić information content (AvgIpc) is 2.32. The molecule has 0 saturated heterocycles. The van der Waals surface area contributed by atoms with Crippen LogP contribution in [-0.2, 0) is 16.8 Å². The van der Waals surface area contributed by atoms with Gasteiger partial charge in [-0.3, -0.25) is 4.79 Å². The molecule has 0 unspecified atom stereocenters. The molecule has 1 heterocycles. The Kier molecular flexibility index (Phi) is 2.40. The Labute approximate surface area is 77.8 Å². The van der Waals surface area contributed by atoms with Crippen molar-refractivity contribution in [2.45, 2.75) is 32.7 Å². The summed E-state index contributed by atoms with van der Waals surface area (Å²) >= 11 is 0. The van der Waals surface area contributed by atoms with Crippen molar-refractivity contribution in [1.82, 2.24) is 9.55 Å². The van der Waals surface area contributed by atoms with E-state index < -0.39 is 0 Å². The first kappa shape index (κ1) is 9.77. The van der Waals surface area contributed by atoms with E-state index in [1.54, 1.807) is 6.33 Å². The number of rotatable bonds is 2. The van der Waals surface area contributed by atoms with Crippen LogP contribution in [0.25, 0.3) is 0 Å². The lowest BCUT2D eigenvalue weighted by atomic mass is 10.1. The van der Waals surface area contributed by atoms with Gasteiger partial charge in [0.1, 0.15) is 0 Å². The molecule has 0 fully saturated rings. The first-order valence-corrected chi connectivity index (χ1v) is 4.21. The molecular formula is C9H15N3O. The number of hydrogen-bond acceptors (Lipinski definition) is 2. The molecule has 0 aliphatic carbocycles. The zero-order valence-corrected chi connectivity index (χ0v) is 8.24. The van der Waals surface area contributed by atoms with Gasteiger partial charge in [-0.1, -0.05) is 0 Å². The molecule has 13 heavy (non-hydrogen) atoms. The highest BCUT2D eigenvalue weighted by molar-refractivity contribution is 5.75. The van der Waals surface area contributed by atoms with Crippen LogP contribution in [0.5, 0.6) is 0 Å². The van der Waals surface area contributed by atoms with Gasteiger partial charge in [0, 0.05) is 11.7 Å². The number of imidazole rings is 1. The molecule has 0 spiro atoms. The monoisotopic (exact) mass is 181 g/mol. The van der Waals surface area contributed by atoms with Crippen molar-refractivity contribution in [2.24, 2.45) is 5.73 Å². The minimum absolute atomic E-state index is 0.00287. The maximum absolute atomic E-state index is 10.6. The molecule has 0 atom stereocenters. The van der Waals surface area contributed by atoms with E-state index in [-0.39, 0.29) is 17.9 Å². The van der Waals surface area contributed by atoms with Crippen molar-refractivity contribution in [3.8, 4) is 0 Å². The zero-order chi connectivity index (χ0) is 10.1. The summed E-state index contributed by atoms with van der Waals surface area (Å²) in [5.74, 6) is -0.348. The van der Waals surface area contributed by atoms with Gasteiger partial charge in [0.25, 0.3) is 0 Å². The van der Waals surface area contributed by atoms with E-state index in [1.807, 2.05) is 10.8 Å². The second kappa shape index (κ2) is 3.20. The summed E-state index contributed by atoms with van der Waals surface area (Å²) in [6.07, 6.45) is 3.78. The van der Waals surface area contributed by atoms with Crippen molar-refractivity contribution in [3.63, 3.8) is 0 Å². The number of carbonyl (C=O) groups excluding carboxylic acids is 1. The topological polar surface area (TPSA) is 60.9 Å². The molecule has 1 aromatic heterocycles. The molecule has 4 heteroatoms. The molecule has 0 aliphatic heterocycles. The quantitative estimate of drug-likeness (QED) is 0.728. The number of primary amides is 1. The molecule has 2 N–H and O–H groups in total. The van der Waals surface area contributed by atoms with Gasteiger partial charge in [0.2, 0.25) is 5.91 Å². The minimum Gasteiger partial charge on any atom is -0.369 e. The number of nitrogens with two attached hydrogens (primary N) is 1. The summed E-state index contributed by atoms with van der Waals surface area (Å²) in [6, 6.07) is 0. The van der Waals surface area contributed by atoms with Gasteiger partial charge in [-0.25, -0.2) is 4.98 Å². The van der Waals surface area contributed by atoms with Crippen LogP contribution in [0.1, 0.15) is 26.5 Å². The normalized spacial score (nSPS) is 11.6. The van der Waals surface area contributed by atoms with E-state index in [4.69, 9.17) is 5.73 Å². The molecule has 4 nitrogen and oxygen atoms in total. The summed E-state index contributed by atoms with van der Waals surface area (Å²) in [5.41, 5.74) is 5.78. The third kappa shape index (κ3) is 2.57. The van der Waals surface area contributed by atoms with E-state index in [0.29, 0.717) is 0 Å². The van der Waals surface area contributed by atoms with E-state index >= 15 is 0 Å². The minimum atomic E-state index is -0.348. The second-order valence-electron chi connectivity index (χ2n) is 4.09. The predicted octanol–water partition coefficient (Wildman–Crippen LogP) is 0.666. The average molecular weight is 181 g/mol. The third-order valence-electron chi connectivity index (χ3n) is 1.77. The van der Waals surface area contributed by atoms with Gasteiger partial charge >= 0.3 is 0 Å². The summed E-state index contributed by atoms with van der Waals surface area (Å²) in [4.78, 5) is 14.7. The van der Waals surface area contributed by atoms with Crippen LogP contribution in [0.2, 0.25) is 0 Å². The first-order valence-electron chi connectivity index (χ1n) is 4.21. The Balaban J connectivity index is 2.81. The Hall–Kier alpha value is -1.32. The summed E-state index contributed by atoms with van der Waals surface area (Å²) in [6.45, 7) is 6.22. The fourth-order valence-electron chi connectivity index (χ4n) is 1.00. The SMILES string of the molecule is CC(C)(C)n1cnc(CC(N)=O)c1. The lowest BCUT2D eigenvalue weighted by molar-refractivity contribution is -0.117. The molecule has 1 rings (SSSR count). The van der Waals surface area contributed by atoms with Gasteiger partial charge in [-0.05, 0) is 20.8 Å². The number of nitrogens with zero attached hydrogens (tertiary/aromatic N) is 2. The highest BCUT2D eigenvalue weighted by Gasteiger charge is 2.13. The van der Waals surface area contributed by atoms with Crippen molar-refractivity contribution >= 4 is 5.91 Å². The molecule has 0 saturated carbocycles. The standard InChI is InChI=1S/C9H15N3O/c1-9(2,3)12-5-7(11-6-12)4-8(10)13/h5-6H,4H2,1-3H3,(H2,10,13). The highest BCUT2D eigenvalue weighted by Crippen LogP contribution is 2.13. The van der Waals surface area contributed by atoms with Crippen LogP contribution in [0, 0.1) is 0 Å². The van der Waals surface area contributed by atoms with Crippen LogP contribution in [0.4, 0.5) is 0 Å². The van der Waals surface area contributed by atoms with E-state index in [0.717, 1.165) is 5.69 Å². The van der Waals surface area contributed by atoms with E-state index in [1.165, 1.54) is 0 Å². The predicted molar refractivity (Wildman–Crippen MR) is 50.1 cm³/mol. The van der Waals surface area contributed by atoms with Crippen LogP contribution in [-0.4, -0.2) is 15.5 Å². The van der Waals surface area contributed by atoms with Crippen LogP contribution in [0.15, 0.2) is 12.5 Å². The lowest BCUT2D eigenvalue weighted by Crippen LogP contribution is -2.20. The van der Waals surface area contributed by atoms with Crippen molar-refractivity contribution in [3.05, 3.63) is 18.2 Å². The Bertz CT molecular complexity index is 309. The summed E-state index contributed by atoms with van der Waals surface area (Å²) in [7, 11) is 0. The van der Waals surface area contributed by atoms with Gasteiger partial charge in [0.15, 0.2) is 0 Å². The molecule has 0 radical (unpaired) electrons. The van der Waals surface area contributed by atoms with Crippen molar-refractivity contribution in [2.75, 3.05) is 0 Å². The molecule has 72 valence electrons. The molecule has 0 aliphatic rings. The molecular weight excluding hydrogens is 166 g/mol. The van der Waals surface area contributed by atoms with Gasteiger partial charge in [-0.15, -0.1) is 0 Å². The first-order chi connectivity index (χ1) is 5.89. The van der Waals surface area contributed by atoms with Crippen LogP contribution < -0.4 is 5.73 Å². The van der Waals surface area contributed by atoms with E-state index in [9.17, 15) is 4.79 Å². The van der Waals surface area contributed by atoms with Crippen LogP contribution >= 0.6 is 0 Å². The van der Waals surface area contributed by atoms with Gasteiger partial charge in [0.05, 0.1) is 18.4 Å². The van der Waals surface area contributed by atoms with Crippen molar-refractivity contribution in [1.29, 1.82) is 0 Å². The smallest absolute Gasteiger partial charge is 0.223 e. The van der Waals surface area contributed by atoms with Gasteiger partial charge < -0.3 is 10.3 Å². The Morgan fingerprint density at radius 2 is 2.23 bits per heavy atom. The number of carbonyl (C=O) groups is 1. The molecule has 1 aromatic rings. The number of amides is 1. The molecule has 0 bridgehead atoms.